The van der Waals surface area contributed by atoms with Crippen LogP contribution in [0.1, 0.15) is 24.7 Å². The van der Waals surface area contributed by atoms with Crippen LogP contribution in [0.2, 0.25) is 0 Å². The van der Waals surface area contributed by atoms with E-state index in [1.165, 1.54) is 6.33 Å². The minimum Gasteiger partial charge on any atom is -0.497 e. The van der Waals surface area contributed by atoms with Gasteiger partial charge in [0.05, 0.1) is 13.5 Å². The lowest BCUT2D eigenvalue weighted by Gasteiger charge is -2.04. The fourth-order valence-corrected chi connectivity index (χ4v) is 2.03. The Labute approximate surface area is 118 Å². The molecule has 0 aliphatic heterocycles. The number of carbonyl (C=O) groups is 1. The number of benzene rings is 1. The van der Waals surface area contributed by atoms with Crippen molar-refractivity contribution in [2.75, 3.05) is 7.11 Å². The molecule has 5 nitrogen and oxygen atoms in total. The molecule has 2 rings (SSSR count). The molecule has 0 spiro atoms. The topological polar surface area (TPSA) is 57.0 Å². The Bertz CT molecular complexity index is 561. The van der Waals surface area contributed by atoms with E-state index in [2.05, 4.69) is 10.1 Å². The van der Waals surface area contributed by atoms with E-state index >= 15 is 0 Å². The highest BCUT2D eigenvalue weighted by molar-refractivity contribution is 5.80. The average Bonchev–Trinajstić information content (AvgIpc) is 2.92. The second-order valence-electron chi connectivity index (χ2n) is 4.56. The van der Waals surface area contributed by atoms with Crippen molar-refractivity contribution >= 4 is 5.78 Å². The van der Waals surface area contributed by atoms with Crippen LogP contribution in [0.25, 0.3) is 0 Å². The number of hydrogen-bond acceptors (Lipinski definition) is 4. The molecule has 0 saturated carbocycles. The predicted molar refractivity (Wildman–Crippen MR) is 75.7 cm³/mol. The van der Waals surface area contributed by atoms with Gasteiger partial charge in [0.1, 0.15) is 23.7 Å². The van der Waals surface area contributed by atoms with Gasteiger partial charge in [-0.2, -0.15) is 5.10 Å². The molecule has 0 atom stereocenters. The third-order valence-corrected chi connectivity index (χ3v) is 3.20. The quantitative estimate of drug-likeness (QED) is 0.774. The highest BCUT2D eigenvalue weighted by Gasteiger charge is 2.09. The Morgan fingerprint density at radius 3 is 2.70 bits per heavy atom. The first-order chi connectivity index (χ1) is 9.72. The van der Waals surface area contributed by atoms with Gasteiger partial charge >= 0.3 is 0 Å². The van der Waals surface area contributed by atoms with E-state index in [1.54, 1.807) is 11.8 Å². The molecular formula is C15H19N3O2. The Hall–Kier alpha value is -2.17. The molecule has 0 aliphatic rings. The van der Waals surface area contributed by atoms with Crippen molar-refractivity contribution in [1.29, 1.82) is 0 Å². The second kappa shape index (κ2) is 6.84. The summed E-state index contributed by atoms with van der Waals surface area (Å²) in [5.74, 6) is 1.76. The van der Waals surface area contributed by atoms with Crippen LogP contribution >= 0.6 is 0 Å². The van der Waals surface area contributed by atoms with Crippen molar-refractivity contribution in [2.45, 2.75) is 32.7 Å². The lowest BCUT2D eigenvalue weighted by atomic mass is 10.1. The maximum absolute atomic E-state index is 12.0. The number of aryl methyl sites for hydroxylation is 2. The van der Waals surface area contributed by atoms with Crippen molar-refractivity contribution < 1.29 is 9.53 Å². The number of rotatable bonds is 7. The van der Waals surface area contributed by atoms with E-state index in [-0.39, 0.29) is 5.78 Å². The fourth-order valence-electron chi connectivity index (χ4n) is 2.03. The molecule has 2 aromatic rings. The largest absolute Gasteiger partial charge is 0.497 e. The third-order valence-electron chi connectivity index (χ3n) is 3.20. The zero-order valence-electron chi connectivity index (χ0n) is 11.9. The minimum atomic E-state index is 0.184. The molecule has 1 aromatic carbocycles. The van der Waals surface area contributed by atoms with Crippen LogP contribution in [-0.4, -0.2) is 27.7 Å². The van der Waals surface area contributed by atoms with Crippen molar-refractivity contribution in [3.63, 3.8) is 0 Å². The van der Waals surface area contributed by atoms with Crippen LogP contribution in [-0.2, 0) is 24.2 Å². The van der Waals surface area contributed by atoms with E-state index in [9.17, 15) is 4.79 Å². The van der Waals surface area contributed by atoms with E-state index in [1.807, 2.05) is 31.2 Å². The van der Waals surface area contributed by atoms with Crippen LogP contribution in [0, 0.1) is 0 Å². The van der Waals surface area contributed by atoms with Crippen molar-refractivity contribution in [1.82, 2.24) is 14.8 Å². The average molecular weight is 273 g/mol. The molecule has 1 heterocycles. The molecule has 0 aliphatic carbocycles. The molecule has 0 N–H and O–H groups in total. The minimum absolute atomic E-state index is 0.184. The Balaban J connectivity index is 1.85. The zero-order chi connectivity index (χ0) is 14.4. The molecule has 0 bridgehead atoms. The van der Waals surface area contributed by atoms with E-state index in [4.69, 9.17) is 4.74 Å². The summed E-state index contributed by atoms with van der Waals surface area (Å²) in [6.45, 7) is 2.72. The Kier molecular flexibility index (Phi) is 4.87. The molecule has 0 unspecified atom stereocenters. The molecule has 0 fully saturated rings. The van der Waals surface area contributed by atoms with Gasteiger partial charge in [-0.1, -0.05) is 12.1 Å². The predicted octanol–water partition coefficient (Wildman–Crippen LogP) is 2.05. The van der Waals surface area contributed by atoms with Gasteiger partial charge in [-0.05, 0) is 31.0 Å². The van der Waals surface area contributed by atoms with Gasteiger partial charge < -0.3 is 4.74 Å². The molecule has 1 aromatic heterocycles. The summed E-state index contributed by atoms with van der Waals surface area (Å²) in [5, 5.41) is 4.06. The number of ketones is 1. The van der Waals surface area contributed by atoms with Crippen LogP contribution < -0.4 is 4.74 Å². The van der Waals surface area contributed by atoms with Gasteiger partial charge in [-0.15, -0.1) is 0 Å². The molecule has 20 heavy (non-hydrogen) atoms. The molecule has 0 saturated heterocycles. The number of ether oxygens (including phenoxy) is 1. The molecule has 5 heteroatoms. The first kappa shape index (κ1) is 14.2. The molecule has 106 valence electrons. The normalized spacial score (nSPS) is 10.5. The van der Waals surface area contributed by atoms with Crippen LogP contribution in [0.3, 0.4) is 0 Å². The number of methoxy groups -OCH3 is 1. The Morgan fingerprint density at radius 1 is 1.30 bits per heavy atom. The smallest absolute Gasteiger partial charge is 0.140 e. The highest BCUT2D eigenvalue weighted by Crippen LogP contribution is 2.13. The number of aromatic nitrogens is 3. The van der Waals surface area contributed by atoms with E-state index in [0.29, 0.717) is 12.8 Å². The maximum atomic E-state index is 12.0. The number of hydrogen-bond donors (Lipinski definition) is 0. The zero-order valence-corrected chi connectivity index (χ0v) is 11.9. The van der Waals surface area contributed by atoms with Crippen LogP contribution in [0.15, 0.2) is 30.6 Å². The van der Waals surface area contributed by atoms with Crippen molar-refractivity contribution in [2.24, 2.45) is 0 Å². The van der Waals surface area contributed by atoms with E-state index in [0.717, 1.165) is 30.1 Å². The summed E-state index contributed by atoms with van der Waals surface area (Å²) in [6.07, 6.45) is 3.10. The standard InChI is InChI=1S/C15H19N3O2/c1-3-18-15(16-11-17-18)10-13(19)7-4-12-5-8-14(20-2)9-6-12/h5-6,8-9,11H,3-4,7,10H2,1-2H3. The monoisotopic (exact) mass is 273 g/mol. The van der Waals surface area contributed by atoms with Gasteiger partial charge in [0.2, 0.25) is 0 Å². The summed E-state index contributed by atoms with van der Waals surface area (Å²) < 4.78 is 6.86. The van der Waals surface area contributed by atoms with Gasteiger partial charge in [0, 0.05) is 13.0 Å². The summed E-state index contributed by atoms with van der Waals surface area (Å²) in [5.41, 5.74) is 1.14. The fraction of sp³-hybridized carbons (Fsp3) is 0.400. The lowest BCUT2D eigenvalue weighted by Crippen LogP contribution is -2.11. The summed E-state index contributed by atoms with van der Waals surface area (Å²) in [4.78, 5) is 16.1. The number of Topliss-reactive ketones (excluding diaryl/α,β-unsaturated/α-hetero) is 1. The van der Waals surface area contributed by atoms with Gasteiger partial charge in [-0.25, -0.2) is 9.67 Å². The molecule has 0 radical (unpaired) electrons. The molecular weight excluding hydrogens is 254 g/mol. The first-order valence-corrected chi connectivity index (χ1v) is 6.74. The van der Waals surface area contributed by atoms with Crippen molar-refractivity contribution in [3.8, 4) is 5.75 Å². The third kappa shape index (κ3) is 3.66. The second-order valence-corrected chi connectivity index (χ2v) is 4.56. The van der Waals surface area contributed by atoms with E-state index < -0.39 is 0 Å². The van der Waals surface area contributed by atoms with Crippen LogP contribution in [0.4, 0.5) is 0 Å². The number of carbonyl (C=O) groups excluding carboxylic acids is 1. The van der Waals surface area contributed by atoms with Crippen molar-refractivity contribution in [3.05, 3.63) is 42.0 Å². The SMILES string of the molecule is CCn1ncnc1CC(=O)CCc1ccc(OC)cc1. The van der Waals surface area contributed by atoms with Crippen LogP contribution in [0.5, 0.6) is 5.75 Å². The number of nitrogens with zero attached hydrogens (tertiary/aromatic N) is 3. The van der Waals surface area contributed by atoms with Gasteiger partial charge in [0.15, 0.2) is 0 Å². The lowest BCUT2D eigenvalue weighted by molar-refractivity contribution is -0.118. The van der Waals surface area contributed by atoms with Gasteiger partial charge in [-0.3, -0.25) is 4.79 Å². The highest BCUT2D eigenvalue weighted by atomic mass is 16.5. The first-order valence-electron chi connectivity index (χ1n) is 6.74. The summed E-state index contributed by atoms with van der Waals surface area (Å²) in [6, 6.07) is 7.79. The summed E-state index contributed by atoms with van der Waals surface area (Å²) >= 11 is 0. The summed E-state index contributed by atoms with van der Waals surface area (Å²) in [7, 11) is 1.64. The molecule has 0 amide bonds. The maximum Gasteiger partial charge on any atom is 0.140 e. The Morgan fingerprint density at radius 2 is 2.05 bits per heavy atom. The van der Waals surface area contributed by atoms with Gasteiger partial charge in [0.25, 0.3) is 0 Å².